The Kier molecular flexibility index (Phi) is 5.55. The summed E-state index contributed by atoms with van der Waals surface area (Å²) in [4.78, 5) is 11.9. The standard InChI is InChI=1S/C15H18F3N5O/c1-9(20-14-22-10(2)21-13(19)23-14)7-24-8-11-3-5-12(6-4-11)15(16,17)18/h3-6,9H,7-8H2,1-2H3,(H3,19,20,21,22,23). The minimum atomic E-state index is -4.33. The number of halogens is 3. The zero-order valence-corrected chi connectivity index (χ0v) is 13.3. The number of nitrogens with zero attached hydrogens (tertiary/aromatic N) is 3. The van der Waals surface area contributed by atoms with E-state index >= 15 is 0 Å². The fourth-order valence-electron chi connectivity index (χ4n) is 1.97. The van der Waals surface area contributed by atoms with E-state index < -0.39 is 11.7 Å². The van der Waals surface area contributed by atoms with Crippen LogP contribution in [0, 0.1) is 6.92 Å². The highest BCUT2D eigenvalue weighted by molar-refractivity contribution is 5.31. The average molecular weight is 341 g/mol. The normalized spacial score (nSPS) is 12.9. The molecule has 1 atom stereocenters. The Balaban J connectivity index is 1.81. The van der Waals surface area contributed by atoms with Crippen LogP contribution in [0.15, 0.2) is 24.3 Å². The molecular weight excluding hydrogens is 323 g/mol. The van der Waals surface area contributed by atoms with Crippen LogP contribution in [0.3, 0.4) is 0 Å². The van der Waals surface area contributed by atoms with Gasteiger partial charge in [0.15, 0.2) is 0 Å². The largest absolute Gasteiger partial charge is 0.416 e. The fourth-order valence-corrected chi connectivity index (χ4v) is 1.97. The van der Waals surface area contributed by atoms with Crippen molar-refractivity contribution in [3.05, 3.63) is 41.2 Å². The highest BCUT2D eigenvalue weighted by atomic mass is 19.4. The quantitative estimate of drug-likeness (QED) is 0.840. The van der Waals surface area contributed by atoms with Crippen molar-refractivity contribution in [2.24, 2.45) is 0 Å². The smallest absolute Gasteiger partial charge is 0.375 e. The monoisotopic (exact) mass is 341 g/mol. The van der Waals surface area contributed by atoms with Crippen molar-refractivity contribution in [2.45, 2.75) is 32.7 Å². The van der Waals surface area contributed by atoms with Crippen molar-refractivity contribution >= 4 is 11.9 Å². The van der Waals surface area contributed by atoms with Gasteiger partial charge in [0, 0.05) is 6.04 Å². The Bertz CT molecular complexity index is 656. The molecule has 1 heterocycles. The molecule has 1 aromatic heterocycles. The predicted molar refractivity (Wildman–Crippen MR) is 83.2 cm³/mol. The second kappa shape index (κ2) is 7.43. The zero-order chi connectivity index (χ0) is 17.7. The molecule has 9 heteroatoms. The van der Waals surface area contributed by atoms with E-state index in [2.05, 4.69) is 20.3 Å². The van der Waals surface area contributed by atoms with Gasteiger partial charge >= 0.3 is 6.18 Å². The summed E-state index contributed by atoms with van der Waals surface area (Å²) >= 11 is 0. The van der Waals surface area contributed by atoms with Gasteiger partial charge in [0.25, 0.3) is 0 Å². The molecule has 1 aromatic carbocycles. The molecule has 130 valence electrons. The summed E-state index contributed by atoms with van der Waals surface area (Å²) in [5, 5.41) is 3.02. The number of aryl methyl sites for hydroxylation is 1. The lowest BCUT2D eigenvalue weighted by Gasteiger charge is -2.14. The first-order valence-corrected chi connectivity index (χ1v) is 7.22. The Morgan fingerprint density at radius 3 is 2.42 bits per heavy atom. The molecule has 0 bridgehead atoms. The molecule has 0 aliphatic rings. The summed E-state index contributed by atoms with van der Waals surface area (Å²) in [6.07, 6.45) is -4.33. The first kappa shape index (κ1) is 17.9. The first-order valence-electron chi connectivity index (χ1n) is 7.22. The molecule has 2 rings (SSSR count). The number of rotatable bonds is 6. The molecule has 0 saturated carbocycles. The predicted octanol–water partition coefficient (Wildman–Crippen LogP) is 2.80. The summed E-state index contributed by atoms with van der Waals surface area (Å²) in [7, 11) is 0. The number of benzene rings is 1. The van der Waals surface area contributed by atoms with Crippen LogP contribution in [0.4, 0.5) is 25.1 Å². The van der Waals surface area contributed by atoms with Gasteiger partial charge in [-0.15, -0.1) is 0 Å². The van der Waals surface area contributed by atoms with Crippen molar-refractivity contribution < 1.29 is 17.9 Å². The van der Waals surface area contributed by atoms with Gasteiger partial charge in [0.2, 0.25) is 11.9 Å². The van der Waals surface area contributed by atoms with Gasteiger partial charge in [-0.25, -0.2) is 0 Å². The number of aromatic nitrogens is 3. The molecule has 0 amide bonds. The van der Waals surface area contributed by atoms with Crippen molar-refractivity contribution in [1.29, 1.82) is 0 Å². The van der Waals surface area contributed by atoms with E-state index in [-0.39, 0.29) is 18.6 Å². The van der Waals surface area contributed by atoms with Crippen molar-refractivity contribution in [2.75, 3.05) is 17.7 Å². The first-order chi connectivity index (χ1) is 11.2. The number of hydrogen-bond acceptors (Lipinski definition) is 6. The van der Waals surface area contributed by atoms with Crippen molar-refractivity contribution in [3.63, 3.8) is 0 Å². The maximum Gasteiger partial charge on any atom is 0.416 e. The van der Waals surface area contributed by atoms with Gasteiger partial charge in [-0.3, -0.25) is 0 Å². The summed E-state index contributed by atoms with van der Waals surface area (Å²) in [6, 6.07) is 4.77. The lowest BCUT2D eigenvalue weighted by atomic mass is 10.1. The van der Waals surface area contributed by atoms with Crippen LogP contribution in [0.2, 0.25) is 0 Å². The SMILES string of the molecule is Cc1nc(N)nc(NC(C)COCc2ccc(C(F)(F)F)cc2)n1. The van der Waals surface area contributed by atoms with Gasteiger partial charge in [-0.2, -0.15) is 28.1 Å². The third kappa shape index (κ3) is 5.34. The molecule has 0 radical (unpaired) electrons. The molecule has 0 saturated heterocycles. The number of nitrogens with one attached hydrogen (secondary N) is 1. The zero-order valence-electron chi connectivity index (χ0n) is 13.3. The second-order valence-corrected chi connectivity index (χ2v) is 5.32. The van der Waals surface area contributed by atoms with Gasteiger partial charge < -0.3 is 15.8 Å². The third-order valence-corrected chi connectivity index (χ3v) is 3.06. The lowest BCUT2D eigenvalue weighted by Crippen LogP contribution is -2.23. The molecule has 0 aliphatic carbocycles. The van der Waals surface area contributed by atoms with Crippen LogP contribution < -0.4 is 11.1 Å². The molecule has 2 aromatic rings. The second-order valence-electron chi connectivity index (χ2n) is 5.32. The van der Waals surface area contributed by atoms with Crippen LogP contribution in [-0.2, 0) is 17.5 Å². The molecule has 0 fully saturated rings. The van der Waals surface area contributed by atoms with Crippen LogP contribution in [0.5, 0.6) is 0 Å². The summed E-state index contributed by atoms with van der Waals surface area (Å²) < 4.78 is 42.9. The van der Waals surface area contributed by atoms with E-state index in [9.17, 15) is 13.2 Å². The minimum absolute atomic E-state index is 0.111. The lowest BCUT2D eigenvalue weighted by molar-refractivity contribution is -0.137. The highest BCUT2D eigenvalue weighted by Gasteiger charge is 2.29. The van der Waals surface area contributed by atoms with E-state index in [1.165, 1.54) is 12.1 Å². The molecule has 1 unspecified atom stereocenters. The summed E-state index contributed by atoms with van der Waals surface area (Å²) in [6.45, 7) is 4.10. The Hall–Kier alpha value is -2.42. The van der Waals surface area contributed by atoms with E-state index in [4.69, 9.17) is 10.5 Å². The van der Waals surface area contributed by atoms with Gasteiger partial charge in [0.1, 0.15) is 5.82 Å². The maximum atomic E-state index is 12.5. The molecular formula is C15H18F3N5O. The van der Waals surface area contributed by atoms with Crippen LogP contribution >= 0.6 is 0 Å². The van der Waals surface area contributed by atoms with E-state index in [1.54, 1.807) is 6.92 Å². The van der Waals surface area contributed by atoms with Crippen molar-refractivity contribution in [3.8, 4) is 0 Å². The molecule has 24 heavy (non-hydrogen) atoms. The molecule has 6 nitrogen and oxygen atoms in total. The van der Waals surface area contributed by atoms with E-state index in [0.717, 1.165) is 12.1 Å². The van der Waals surface area contributed by atoms with Gasteiger partial charge in [0.05, 0.1) is 18.8 Å². The third-order valence-electron chi connectivity index (χ3n) is 3.06. The molecule has 0 aliphatic heterocycles. The van der Waals surface area contributed by atoms with Gasteiger partial charge in [-0.05, 0) is 31.5 Å². The fraction of sp³-hybridized carbons (Fsp3) is 0.400. The Labute approximate surface area is 137 Å². The minimum Gasteiger partial charge on any atom is -0.375 e. The number of ether oxygens (including phenoxy) is 1. The van der Waals surface area contributed by atoms with Gasteiger partial charge in [-0.1, -0.05) is 12.1 Å². The Morgan fingerprint density at radius 2 is 1.83 bits per heavy atom. The number of nitrogen functional groups attached to an aromatic ring is 1. The number of alkyl halides is 3. The van der Waals surface area contributed by atoms with Crippen LogP contribution in [0.25, 0.3) is 0 Å². The average Bonchev–Trinajstić information content (AvgIpc) is 2.45. The number of hydrogen-bond donors (Lipinski definition) is 2. The topological polar surface area (TPSA) is 86.0 Å². The van der Waals surface area contributed by atoms with E-state index in [1.807, 2.05) is 6.92 Å². The van der Waals surface area contributed by atoms with Crippen molar-refractivity contribution in [1.82, 2.24) is 15.0 Å². The van der Waals surface area contributed by atoms with Crippen LogP contribution in [-0.4, -0.2) is 27.6 Å². The maximum absolute atomic E-state index is 12.5. The Morgan fingerprint density at radius 1 is 1.17 bits per heavy atom. The number of nitrogens with two attached hydrogens (primary N) is 1. The molecule has 3 N–H and O–H groups in total. The van der Waals surface area contributed by atoms with Crippen LogP contribution in [0.1, 0.15) is 23.9 Å². The summed E-state index contributed by atoms with van der Waals surface area (Å²) in [5.41, 5.74) is 5.53. The molecule has 0 spiro atoms. The number of anilines is 2. The summed E-state index contributed by atoms with van der Waals surface area (Å²) in [5.74, 6) is 0.983. The van der Waals surface area contributed by atoms with E-state index in [0.29, 0.717) is 23.9 Å². The highest BCUT2D eigenvalue weighted by Crippen LogP contribution is 2.29.